The van der Waals surface area contributed by atoms with Crippen molar-refractivity contribution in [2.45, 2.75) is 26.4 Å². The van der Waals surface area contributed by atoms with Crippen molar-refractivity contribution in [1.29, 1.82) is 0 Å². The molecule has 0 unspecified atom stereocenters. The molecule has 0 aliphatic rings. The molecule has 1 rings (SSSR count). The maximum atomic E-state index is 13.1. The Morgan fingerprint density at radius 1 is 1.44 bits per heavy atom. The Hall–Kier alpha value is -1.10. The minimum atomic E-state index is -0.612. The quantitative estimate of drug-likeness (QED) is 0.850. The molecule has 0 spiro atoms. The van der Waals surface area contributed by atoms with Crippen molar-refractivity contribution in [1.82, 2.24) is 0 Å². The van der Waals surface area contributed by atoms with E-state index in [-0.39, 0.29) is 4.47 Å². The first kappa shape index (κ1) is 13.0. The molecule has 0 heterocycles. The topological polar surface area (TPSA) is 38.3 Å². The molecule has 3 nitrogen and oxygen atoms in total. The van der Waals surface area contributed by atoms with E-state index in [1.807, 2.05) is 0 Å². The highest BCUT2D eigenvalue weighted by atomic mass is 79.9. The van der Waals surface area contributed by atoms with Crippen LogP contribution in [0.2, 0.25) is 0 Å². The van der Waals surface area contributed by atoms with Crippen molar-refractivity contribution < 1.29 is 13.9 Å². The lowest BCUT2D eigenvalue weighted by atomic mass is 10.2. The zero-order valence-electron chi connectivity index (χ0n) is 9.30. The monoisotopic (exact) mass is 289 g/mol. The highest BCUT2D eigenvalue weighted by molar-refractivity contribution is 9.10. The van der Waals surface area contributed by atoms with Gasteiger partial charge in [-0.05, 0) is 48.8 Å². The molecular formula is C11H13BrFNO2. The molecule has 0 radical (unpaired) electrons. The predicted octanol–water partition coefficient (Wildman–Crippen LogP) is 3.94. The number of rotatable bonds is 1. The first-order chi connectivity index (χ1) is 7.29. The van der Waals surface area contributed by atoms with Gasteiger partial charge >= 0.3 is 6.09 Å². The Balaban J connectivity index is 2.74. The molecule has 16 heavy (non-hydrogen) atoms. The number of carbonyl (C=O) groups is 1. The number of carbonyl (C=O) groups excluding carboxylic acids is 1. The van der Waals surface area contributed by atoms with Gasteiger partial charge in [0.2, 0.25) is 0 Å². The van der Waals surface area contributed by atoms with Gasteiger partial charge in [0.15, 0.2) is 0 Å². The van der Waals surface area contributed by atoms with Crippen LogP contribution in [0.3, 0.4) is 0 Å². The molecule has 0 saturated carbocycles. The van der Waals surface area contributed by atoms with Crippen molar-refractivity contribution >= 4 is 27.7 Å². The summed E-state index contributed by atoms with van der Waals surface area (Å²) in [6, 6.07) is 4.38. The summed E-state index contributed by atoms with van der Waals surface area (Å²) in [5, 5.41) is 2.46. The standard InChI is InChI=1S/C11H13BrFNO2/c1-11(2,3)16-10(15)14-8-6-4-5-7(13)9(8)12/h4-6H,1-3H3,(H,14,15). The Morgan fingerprint density at radius 2 is 2.06 bits per heavy atom. The van der Waals surface area contributed by atoms with E-state index >= 15 is 0 Å². The van der Waals surface area contributed by atoms with Crippen LogP contribution in [0, 0.1) is 5.82 Å². The van der Waals surface area contributed by atoms with Crippen LogP contribution < -0.4 is 5.32 Å². The maximum absolute atomic E-state index is 13.1. The van der Waals surface area contributed by atoms with Crippen LogP contribution >= 0.6 is 15.9 Å². The van der Waals surface area contributed by atoms with Crippen LogP contribution in [-0.4, -0.2) is 11.7 Å². The first-order valence-electron chi connectivity index (χ1n) is 4.73. The summed E-state index contributed by atoms with van der Waals surface area (Å²) in [5.41, 5.74) is -0.238. The van der Waals surface area contributed by atoms with E-state index in [4.69, 9.17) is 4.74 Å². The maximum Gasteiger partial charge on any atom is 0.412 e. The van der Waals surface area contributed by atoms with Crippen molar-refractivity contribution in [3.8, 4) is 0 Å². The summed E-state index contributed by atoms with van der Waals surface area (Å²) in [6.45, 7) is 5.27. The first-order valence-corrected chi connectivity index (χ1v) is 5.53. The summed E-state index contributed by atoms with van der Waals surface area (Å²) in [7, 11) is 0. The van der Waals surface area contributed by atoms with Gasteiger partial charge in [-0.15, -0.1) is 0 Å². The van der Waals surface area contributed by atoms with E-state index in [1.54, 1.807) is 26.8 Å². The summed E-state index contributed by atoms with van der Waals surface area (Å²) in [4.78, 5) is 11.4. The lowest BCUT2D eigenvalue weighted by Crippen LogP contribution is -2.27. The van der Waals surface area contributed by atoms with E-state index < -0.39 is 17.5 Å². The Labute approximate surface area is 102 Å². The Morgan fingerprint density at radius 3 is 2.62 bits per heavy atom. The number of amides is 1. The predicted molar refractivity (Wildman–Crippen MR) is 64.0 cm³/mol. The van der Waals surface area contributed by atoms with Gasteiger partial charge in [-0.1, -0.05) is 6.07 Å². The van der Waals surface area contributed by atoms with Crippen LogP contribution in [0.5, 0.6) is 0 Å². The molecule has 0 aliphatic heterocycles. The van der Waals surface area contributed by atoms with Gasteiger partial charge in [-0.2, -0.15) is 0 Å². The van der Waals surface area contributed by atoms with Crippen molar-refractivity contribution in [2.24, 2.45) is 0 Å². The van der Waals surface area contributed by atoms with Crippen LogP contribution in [0.4, 0.5) is 14.9 Å². The number of ether oxygens (including phenoxy) is 1. The molecule has 0 aliphatic carbocycles. The molecule has 5 heteroatoms. The Bertz CT molecular complexity index is 401. The second kappa shape index (κ2) is 4.82. The van der Waals surface area contributed by atoms with Gasteiger partial charge < -0.3 is 4.74 Å². The summed E-state index contributed by atoms with van der Waals surface area (Å²) in [6.07, 6.45) is -0.612. The highest BCUT2D eigenvalue weighted by Crippen LogP contribution is 2.25. The van der Waals surface area contributed by atoms with Crippen molar-refractivity contribution in [3.05, 3.63) is 28.5 Å². The van der Waals surface area contributed by atoms with Crippen molar-refractivity contribution in [3.63, 3.8) is 0 Å². The number of anilines is 1. The van der Waals surface area contributed by atoms with Crippen LogP contribution in [0.1, 0.15) is 20.8 Å². The largest absolute Gasteiger partial charge is 0.444 e. The molecule has 1 N–H and O–H groups in total. The molecule has 1 aromatic carbocycles. The molecule has 88 valence electrons. The average Bonchev–Trinajstić information content (AvgIpc) is 2.09. The Kier molecular flexibility index (Phi) is 3.91. The molecule has 1 amide bonds. The minimum absolute atomic E-state index is 0.209. The van der Waals surface area contributed by atoms with Gasteiger partial charge in [0, 0.05) is 0 Å². The third-order valence-corrected chi connectivity index (χ3v) is 2.39. The zero-order chi connectivity index (χ0) is 12.3. The summed E-state index contributed by atoms with van der Waals surface area (Å²) < 4.78 is 18.4. The number of benzene rings is 1. The van der Waals surface area contributed by atoms with Crippen LogP contribution in [0.15, 0.2) is 22.7 Å². The second-order valence-electron chi connectivity index (χ2n) is 4.23. The molecular weight excluding hydrogens is 277 g/mol. The molecule has 0 atom stereocenters. The van der Waals surface area contributed by atoms with Gasteiger partial charge in [-0.3, -0.25) is 5.32 Å². The number of hydrogen-bond acceptors (Lipinski definition) is 2. The van der Waals surface area contributed by atoms with E-state index in [9.17, 15) is 9.18 Å². The smallest absolute Gasteiger partial charge is 0.412 e. The summed E-state index contributed by atoms with van der Waals surface area (Å²) in [5.74, 6) is -0.437. The van der Waals surface area contributed by atoms with Gasteiger partial charge in [0.25, 0.3) is 0 Å². The fourth-order valence-electron chi connectivity index (χ4n) is 1.01. The fraction of sp³-hybridized carbons (Fsp3) is 0.364. The second-order valence-corrected chi connectivity index (χ2v) is 5.02. The minimum Gasteiger partial charge on any atom is -0.444 e. The molecule has 0 fully saturated rings. The van der Waals surface area contributed by atoms with E-state index in [0.29, 0.717) is 5.69 Å². The lowest BCUT2D eigenvalue weighted by Gasteiger charge is -2.20. The molecule has 1 aromatic rings. The van der Waals surface area contributed by atoms with Crippen molar-refractivity contribution in [2.75, 3.05) is 5.32 Å². The van der Waals surface area contributed by atoms with E-state index in [1.165, 1.54) is 12.1 Å². The number of nitrogens with one attached hydrogen (secondary N) is 1. The van der Waals surface area contributed by atoms with Crippen LogP contribution in [0.25, 0.3) is 0 Å². The SMILES string of the molecule is CC(C)(C)OC(=O)Nc1cccc(F)c1Br. The average molecular weight is 290 g/mol. The zero-order valence-corrected chi connectivity index (χ0v) is 10.9. The van der Waals surface area contributed by atoms with E-state index in [2.05, 4.69) is 21.2 Å². The number of halogens is 2. The highest BCUT2D eigenvalue weighted by Gasteiger charge is 2.17. The van der Waals surface area contributed by atoms with Gasteiger partial charge in [0.05, 0.1) is 10.2 Å². The molecule has 0 bridgehead atoms. The number of hydrogen-bond donors (Lipinski definition) is 1. The normalized spacial score (nSPS) is 11.1. The van der Waals surface area contributed by atoms with Gasteiger partial charge in [-0.25, -0.2) is 9.18 Å². The van der Waals surface area contributed by atoms with Gasteiger partial charge in [0.1, 0.15) is 11.4 Å². The molecule has 0 aromatic heterocycles. The fourth-order valence-corrected chi connectivity index (χ4v) is 1.38. The van der Waals surface area contributed by atoms with Crippen LogP contribution in [-0.2, 0) is 4.74 Å². The summed E-state index contributed by atoms with van der Waals surface area (Å²) >= 11 is 3.04. The third kappa shape index (κ3) is 3.81. The molecule has 0 saturated heterocycles. The lowest BCUT2D eigenvalue weighted by molar-refractivity contribution is 0.0636. The third-order valence-electron chi connectivity index (χ3n) is 1.59. The van der Waals surface area contributed by atoms with E-state index in [0.717, 1.165) is 0 Å².